The van der Waals surface area contributed by atoms with Gasteiger partial charge in [-0.1, -0.05) is 42.5 Å². The van der Waals surface area contributed by atoms with Crippen molar-refractivity contribution in [2.75, 3.05) is 25.5 Å². The van der Waals surface area contributed by atoms with Crippen molar-refractivity contribution in [3.63, 3.8) is 0 Å². The summed E-state index contributed by atoms with van der Waals surface area (Å²) >= 11 is 5.53. The van der Waals surface area contributed by atoms with Gasteiger partial charge in [-0.2, -0.15) is 0 Å². The number of piperidine rings is 1. The molecule has 24 heavy (non-hydrogen) atoms. The van der Waals surface area contributed by atoms with E-state index in [0.717, 1.165) is 17.0 Å². The number of thiocarbonyl (C=S) groups is 1. The van der Waals surface area contributed by atoms with Crippen LogP contribution in [0.15, 0.2) is 54.6 Å². The number of hydrogen-bond acceptors (Lipinski definition) is 3. The van der Waals surface area contributed by atoms with E-state index in [1.165, 1.54) is 0 Å². The lowest BCUT2D eigenvalue weighted by molar-refractivity contribution is -0.0117. The number of rotatable bonds is 3. The van der Waals surface area contributed by atoms with Crippen LogP contribution in [0.1, 0.15) is 18.4 Å². The summed E-state index contributed by atoms with van der Waals surface area (Å²) in [6, 6.07) is 17.6. The fourth-order valence-corrected chi connectivity index (χ4v) is 3.35. The Balaban J connectivity index is 1.63. The molecule has 0 aromatic heterocycles. The number of nitrogens with zero attached hydrogens (tertiary/aromatic N) is 1. The maximum atomic E-state index is 10.9. The Morgan fingerprint density at radius 1 is 1.08 bits per heavy atom. The Morgan fingerprint density at radius 2 is 1.71 bits per heavy atom. The molecule has 0 bridgehead atoms. The van der Waals surface area contributed by atoms with E-state index in [-0.39, 0.29) is 0 Å². The van der Waals surface area contributed by atoms with Gasteiger partial charge < -0.3 is 20.1 Å². The number of likely N-dealkylation sites (tertiary alicyclic amines) is 1. The van der Waals surface area contributed by atoms with E-state index in [2.05, 4.69) is 10.2 Å². The van der Waals surface area contributed by atoms with E-state index >= 15 is 0 Å². The Morgan fingerprint density at radius 3 is 2.38 bits per heavy atom. The summed E-state index contributed by atoms with van der Waals surface area (Å²) in [5, 5.41) is 14.8. The van der Waals surface area contributed by atoms with Crippen molar-refractivity contribution in [1.29, 1.82) is 0 Å². The number of hydrogen-bond donors (Lipinski definition) is 2. The third kappa shape index (κ3) is 3.52. The first kappa shape index (κ1) is 16.7. The van der Waals surface area contributed by atoms with Crippen molar-refractivity contribution in [2.24, 2.45) is 0 Å². The zero-order chi connectivity index (χ0) is 17.0. The second-order valence-corrected chi connectivity index (χ2v) is 6.40. The van der Waals surface area contributed by atoms with Crippen LogP contribution in [0.3, 0.4) is 0 Å². The van der Waals surface area contributed by atoms with E-state index < -0.39 is 5.60 Å². The van der Waals surface area contributed by atoms with Crippen LogP contribution >= 0.6 is 12.2 Å². The summed E-state index contributed by atoms with van der Waals surface area (Å²) in [6.07, 6.45) is 1.31. The van der Waals surface area contributed by atoms with Crippen LogP contribution in [0.2, 0.25) is 0 Å². The van der Waals surface area contributed by atoms with Crippen LogP contribution in [0.25, 0.3) is 0 Å². The van der Waals surface area contributed by atoms with Crippen molar-refractivity contribution >= 4 is 23.0 Å². The van der Waals surface area contributed by atoms with Crippen LogP contribution in [0.4, 0.5) is 5.69 Å². The summed E-state index contributed by atoms with van der Waals surface area (Å²) in [6.45, 7) is 1.43. The van der Waals surface area contributed by atoms with E-state index in [0.29, 0.717) is 31.0 Å². The monoisotopic (exact) mass is 342 g/mol. The Labute approximate surface area is 148 Å². The van der Waals surface area contributed by atoms with Gasteiger partial charge in [0, 0.05) is 13.1 Å². The summed E-state index contributed by atoms with van der Waals surface area (Å²) in [7, 11) is 1.64. The fraction of sp³-hybridized carbons (Fsp3) is 0.316. The van der Waals surface area contributed by atoms with Crippen molar-refractivity contribution < 1.29 is 9.84 Å². The van der Waals surface area contributed by atoms with E-state index in [1.54, 1.807) is 7.11 Å². The number of methoxy groups -OCH3 is 1. The molecule has 0 unspecified atom stereocenters. The van der Waals surface area contributed by atoms with E-state index in [4.69, 9.17) is 17.0 Å². The highest BCUT2D eigenvalue weighted by Crippen LogP contribution is 2.33. The van der Waals surface area contributed by atoms with Crippen molar-refractivity contribution in [1.82, 2.24) is 4.90 Å². The van der Waals surface area contributed by atoms with Crippen molar-refractivity contribution in [2.45, 2.75) is 18.4 Å². The lowest BCUT2D eigenvalue weighted by Gasteiger charge is -2.39. The van der Waals surface area contributed by atoms with Gasteiger partial charge in [-0.3, -0.25) is 0 Å². The molecular formula is C19H22N2O2S. The number of benzene rings is 2. The van der Waals surface area contributed by atoms with Crippen molar-refractivity contribution in [3.05, 3.63) is 60.2 Å². The molecule has 0 radical (unpaired) electrons. The molecule has 2 N–H and O–H groups in total. The van der Waals surface area contributed by atoms with Crippen LogP contribution in [-0.2, 0) is 5.60 Å². The molecule has 126 valence electrons. The summed E-state index contributed by atoms with van der Waals surface area (Å²) in [5.74, 6) is 0.762. The normalized spacial score (nSPS) is 16.5. The third-order valence-corrected chi connectivity index (χ3v) is 4.90. The molecule has 2 aromatic rings. The maximum absolute atomic E-state index is 10.9. The van der Waals surface area contributed by atoms with Gasteiger partial charge >= 0.3 is 0 Å². The minimum Gasteiger partial charge on any atom is -0.495 e. The highest BCUT2D eigenvalue weighted by molar-refractivity contribution is 7.80. The maximum Gasteiger partial charge on any atom is 0.173 e. The first-order chi connectivity index (χ1) is 11.6. The standard InChI is InChI=1S/C19H22N2O2S/c1-23-17-10-6-5-9-16(17)20-18(24)21-13-11-19(22,12-14-21)15-7-3-2-4-8-15/h2-10,22H,11-14H2,1H3,(H,20,24). The second kappa shape index (κ2) is 7.20. The van der Waals surface area contributed by atoms with Gasteiger partial charge in [0.25, 0.3) is 0 Å². The molecule has 4 nitrogen and oxygen atoms in total. The lowest BCUT2D eigenvalue weighted by Crippen LogP contribution is -2.46. The molecule has 1 saturated heterocycles. The molecule has 0 saturated carbocycles. The van der Waals surface area contributed by atoms with E-state index in [1.807, 2.05) is 54.6 Å². The molecule has 0 amide bonds. The molecular weight excluding hydrogens is 320 g/mol. The van der Waals surface area contributed by atoms with Gasteiger partial charge in [0.2, 0.25) is 0 Å². The predicted octanol–water partition coefficient (Wildman–Crippen LogP) is 3.38. The zero-order valence-corrected chi connectivity index (χ0v) is 14.6. The summed E-state index contributed by atoms with van der Waals surface area (Å²) < 4.78 is 5.34. The molecule has 5 heteroatoms. The fourth-order valence-electron chi connectivity index (χ4n) is 3.06. The van der Waals surface area contributed by atoms with Crippen LogP contribution in [0.5, 0.6) is 5.75 Å². The first-order valence-corrected chi connectivity index (χ1v) is 8.50. The summed E-state index contributed by atoms with van der Waals surface area (Å²) in [4.78, 5) is 2.10. The molecule has 1 aliphatic heterocycles. The van der Waals surface area contributed by atoms with Crippen molar-refractivity contribution in [3.8, 4) is 5.75 Å². The van der Waals surface area contributed by atoms with Crippen LogP contribution < -0.4 is 10.1 Å². The topological polar surface area (TPSA) is 44.7 Å². The number of para-hydroxylation sites is 2. The highest BCUT2D eigenvalue weighted by atomic mass is 32.1. The molecule has 1 heterocycles. The predicted molar refractivity (Wildman–Crippen MR) is 100 cm³/mol. The molecule has 1 fully saturated rings. The molecule has 0 atom stereocenters. The Kier molecular flexibility index (Phi) is 5.02. The summed E-state index contributed by atoms with van der Waals surface area (Å²) in [5.41, 5.74) is 1.07. The average molecular weight is 342 g/mol. The highest BCUT2D eigenvalue weighted by Gasteiger charge is 2.34. The largest absolute Gasteiger partial charge is 0.495 e. The average Bonchev–Trinajstić information content (AvgIpc) is 2.63. The molecule has 0 aliphatic carbocycles. The number of aliphatic hydroxyl groups is 1. The van der Waals surface area contributed by atoms with Gasteiger partial charge in [-0.25, -0.2) is 0 Å². The smallest absolute Gasteiger partial charge is 0.173 e. The SMILES string of the molecule is COc1ccccc1NC(=S)N1CCC(O)(c2ccccc2)CC1. The van der Waals surface area contributed by atoms with Crippen LogP contribution in [0, 0.1) is 0 Å². The minimum atomic E-state index is -0.766. The van der Waals surface area contributed by atoms with Gasteiger partial charge in [0.15, 0.2) is 5.11 Å². The third-order valence-electron chi connectivity index (χ3n) is 4.54. The zero-order valence-electron chi connectivity index (χ0n) is 13.7. The van der Waals surface area contributed by atoms with E-state index in [9.17, 15) is 5.11 Å². The van der Waals surface area contributed by atoms with Gasteiger partial charge in [-0.15, -0.1) is 0 Å². The molecule has 1 aliphatic rings. The van der Waals surface area contributed by atoms with Gasteiger partial charge in [-0.05, 0) is 42.8 Å². The number of anilines is 1. The first-order valence-electron chi connectivity index (χ1n) is 8.09. The van der Waals surface area contributed by atoms with Gasteiger partial charge in [0.1, 0.15) is 5.75 Å². The quantitative estimate of drug-likeness (QED) is 0.838. The molecule has 0 spiro atoms. The lowest BCUT2D eigenvalue weighted by atomic mass is 9.84. The molecule has 2 aromatic carbocycles. The Bertz CT molecular complexity index is 698. The number of ether oxygens (including phenoxy) is 1. The number of nitrogens with one attached hydrogen (secondary N) is 1. The van der Waals surface area contributed by atoms with Crippen LogP contribution in [-0.4, -0.2) is 35.3 Å². The van der Waals surface area contributed by atoms with Gasteiger partial charge in [0.05, 0.1) is 18.4 Å². The Hall–Kier alpha value is -2.11. The molecule has 3 rings (SSSR count). The minimum absolute atomic E-state index is 0.657. The second-order valence-electron chi connectivity index (χ2n) is 6.02.